The fourth-order valence-electron chi connectivity index (χ4n) is 4.15. The molecule has 3 aromatic carbocycles. The van der Waals surface area contributed by atoms with E-state index in [1.807, 2.05) is 24.3 Å². The zero-order chi connectivity index (χ0) is 25.2. The molecule has 4 rings (SSSR count). The first-order valence-corrected chi connectivity index (χ1v) is 13.4. The van der Waals surface area contributed by atoms with Gasteiger partial charge >= 0.3 is 5.97 Å². The maximum Gasteiger partial charge on any atom is 0.335 e. The SMILES string of the molecule is C=CC(c1ccc(I)cc1)S(=O)(=O)N1c2ccccc2C[C@H]1C(=O)NCc1ccc(C(=O)O)cc1. The number of carboxylic acid groups (broad SMARTS) is 1. The zero-order valence-corrected chi connectivity index (χ0v) is 21.6. The Morgan fingerprint density at radius 2 is 1.74 bits per heavy atom. The van der Waals surface area contributed by atoms with Crippen LogP contribution in [-0.2, 0) is 27.8 Å². The van der Waals surface area contributed by atoms with Gasteiger partial charge in [0.15, 0.2) is 0 Å². The number of nitrogens with zero attached hydrogens (tertiary/aromatic N) is 1. The molecule has 0 saturated heterocycles. The summed E-state index contributed by atoms with van der Waals surface area (Å²) >= 11 is 2.15. The molecule has 0 aliphatic carbocycles. The number of fused-ring (bicyclic) bond motifs is 1. The van der Waals surface area contributed by atoms with E-state index in [2.05, 4.69) is 34.5 Å². The van der Waals surface area contributed by atoms with Gasteiger partial charge in [0.05, 0.1) is 11.3 Å². The number of hydrogen-bond acceptors (Lipinski definition) is 4. The molecule has 1 amide bonds. The van der Waals surface area contributed by atoms with E-state index in [1.165, 1.54) is 22.5 Å². The Labute approximate surface area is 217 Å². The topological polar surface area (TPSA) is 104 Å². The molecule has 0 bridgehead atoms. The molecule has 180 valence electrons. The van der Waals surface area contributed by atoms with Gasteiger partial charge in [-0.2, -0.15) is 0 Å². The molecule has 1 heterocycles. The van der Waals surface area contributed by atoms with Crippen molar-refractivity contribution >= 4 is 50.2 Å². The summed E-state index contributed by atoms with van der Waals surface area (Å²) in [7, 11) is -4.04. The molecule has 1 unspecified atom stereocenters. The van der Waals surface area contributed by atoms with E-state index in [1.54, 1.807) is 36.4 Å². The summed E-state index contributed by atoms with van der Waals surface area (Å²) < 4.78 is 30.0. The van der Waals surface area contributed by atoms with Crippen LogP contribution in [0.1, 0.15) is 32.3 Å². The molecule has 0 spiro atoms. The first-order valence-electron chi connectivity index (χ1n) is 10.8. The molecular formula is C26H23IN2O5S. The van der Waals surface area contributed by atoms with Crippen LogP contribution in [0, 0.1) is 3.57 Å². The maximum absolute atomic E-state index is 13.9. The average molecular weight is 602 g/mol. The lowest BCUT2D eigenvalue weighted by Gasteiger charge is -2.29. The van der Waals surface area contributed by atoms with Crippen LogP contribution in [-0.4, -0.2) is 31.4 Å². The van der Waals surface area contributed by atoms with Crippen LogP contribution >= 0.6 is 22.6 Å². The van der Waals surface area contributed by atoms with Gasteiger partial charge in [0.1, 0.15) is 11.3 Å². The van der Waals surface area contributed by atoms with Crippen molar-refractivity contribution in [3.63, 3.8) is 0 Å². The number of para-hydroxylation sites is 1. The van der Waals surface area contributed by atoms with Gasteiger partial charge in [0.2, 0.25) is 15.9 Å². The second-order valence-electron chi connectivity index (χ2n) is 8.12. The Hall–Kier alpha value is -3.18. The van der Waals surface area contributed by atoms with Crippen LogP contribution in [0.3, 0.4) is 0 Å². The van der Waals surface area contributed by atoms with Crippen molar-refractivity contribution < 1.29 is 23.1 Å². The number of sulfonamides is 1. The van der Waals surface area contributed by atoms with E-state index in [0.717, 1.165) is 9.13 Å². The number of carbonyl (C=O) groups excluding carboxylic acids is 1. The van der Waals surface area contributed by atoms with Crippen LogP contribution in [0.25, 0.3) is 0 Å². The van der Waals surface area contributed by atoms with Gasteiger partial charge in [-0.3, -0.25) is 9.10 Å². The lowest BCUT2D eigenvalue weighted by molar-refractivity contribution is -0.122. The van der Waals surface area contributed by atoms with E-state index < -0.39 is 33.2 Å². The number of anilines is 1. The summed E-state index contributed by atoms with van der Waals surface area (Å²) in [5, 5.41) is 10.8. The monoisotopic (exact) mass is 602 g/mol. The number of carboxylic acids is 1. The number of rotatable bonds is 8. The zero-order valence-electron chi connectivity index (χ0n) is 18.6. The number of amides is 1. The third-order valence-electron chi connectivity index (χ3n) is 5.90. The van der Waals surface area contributed by atoms with Crippen molar-refractivity contribution in [3.05, 3.63) is 111 Å². The predicted octanol–water partition coefficient (Wildman–Crippen LogP) is 4.29. The van der Waals surface area contributed by atoms with E-state index in [-0.39, 0.29) is 18.5 Å². The lowest BCUT2D eigenvalue weighted by atomic mass is 10.1. The summed E-state index contributed by atoms with van der Waals surface area (Å²) in [6.45, 7) is 3.91. The number of benzene rings is 3. The molecule has 9 heteroatoms. The van der Waals surface area contributed by atoms with E-state index in [0.29, 0.717) is 16.8 Å². The Bertz CT molecular complexity index is 1370. The largest absolute Gasteiger partial charge is 0.478 e. The van der Waals surface area contributed by atoms with E-state index in [9.17, 15) is 18.0 Å². The first-order chi connectivity index (χ1) is 16.7. The van der Waals surface area contributed by atoms with Gasteiger partial charge in [0, 0.05) is 16.5 Å². The number of aromatic carboxylic acids is 1. The van der Waals surface area contributed by atoms with Gasteiger partial charge in [-0.25, -0.2) is 13.2 Å². The molecular weight excluding hydrogens is 579 g/mol. The summed E-state index contributed by atoms with van der Waals surface area (Å²) in [4.78, 5) is 24.3. The highest BCUT2D eigenvalue weighted by molar-refractivity contribution is 14.1. The normalized spacial score (nSPS) is 15.8. The summed E-state index contributed by atoms with van der Waals surface area (Å²) in [6, 6.07) is 19.5. The fourth-order valence-corrected chi connectivity index (χ4v) is 6.47. The molecule has 2 atom stereocenters. The van der Waals surface area contributed by atoms with Crippen molar-refractivity contribution in [1.82, 2.24) is 5.32 Å². The van der Waals surface area contributed by atoms with Crippen LogP contribution in [0.15, 0.2) is 85.5 Å². The second-order valence-corrected chi connectivity index (χ2v) is 11.3. The minimum Gasteiger partial charge on any atom is -0.478 e. The Morgan fingerprint density at radius 1 is 1.09 bits per heavy atom. The Morgan fingerprint density at radius 3 is 2.37 bits per heavy atom. The minimum absolute atomic E-state index is 0.140. The number of nitrogens with one attached hydrogen (secondary N) is 1. The predicted molar refractivity (Wildman–Crippen MR) is 143 cm³/mol. The van der Waals surface area contributed by atoms with Gasteiger partial charge in [-0.15, -0.1) is 6.58 Å². The smallest absolute Gasteiger partial charge is 0.335 e. The van der Waals surface area contributed by atoms with Crippen molar-refractivity contribution in [2.24, 2.45) is 0 Å². The van der Waals surface area contributed by atoms with E-state index >= 15 is 0 Å². The maximum atomic E-state index is 13.9. The molecule has 1 aliphatic heterocycles. The van der Waals surface area contributed by atoms with Crippen LogP contribution < -0.4 is 9.62 Å². The second kappa shape index (κ2) is 10.2. The molecule has 0 fully saturated rings. The molecule has 1 aliphatic rings. The van der Waals surface area contributed by atoms with Gasteiger partial charge in [0.25, 0.3) is 0 Å². The third kappa shape index (κ3) is 5.10. The van der Waals surface area contributed by atoms with Crippen LogP contribution in [0.4, 0.5) is 5.69 Å². The molecule has 3 aromatic rings. The summed E-state index contributed by atoms with van der Waals surface area (Å²) in [6.07, 6.45) is 1.63. The van der Waals surface area contributed by atoms with Crippen LogP contribution in [0.5, 0.6) is 0 Å². The molecule has 0 saturated carbocycles. The molecule has 0 aromatic heterocycles. The number of hydrogen-bond donors (Lipinski definition) is 2. The lowest BCUT2D eigenvalue weighted by Crippen LogP contribution is -2.48. The van der Waals surface area contributed by atoms with Gasteiger partial charge in [-0.05, 0) is 69.6 Å². The van der Waals surface area contributed by atoms with Gasteiger partial charge in [-0.1, -0.05) is 48.5 Å². The summed E-state index contributed by atoms with van der Waals surface area (Å²) in [5.74, 6) is -1.47. The molecule has 7 nitrogen and oxygen atoms in total. The highest BCUT2D eigenvalue weighted by atomic mass is 127. The highest BCUT2D eigenvalue weighted by Gasteiger charge is 2.44. The first kappa shape index (κ1) is 24.9. The number of halogens is 1. The van der Waals surface area contributed by atoms with Gasteiger partial charge < -0.3 is 10.4 Å². The molecule has 35 heavy (non-hydrogen) atoms. The fraction of sp³-hybridized carbons (Fsp3) is 0.154. The van der Waals surface area contributed by atoms with Crippen molar-refractivity contribution in [3.8, 4) is 0 Å². The molecule has 2 N–H and O–H groups in total. The summed E-state index contributed by atoms with van der Waals surface area (Å²) in [5.41, 5.74) is 2.68. The Kier molecular flexibility index (Phi) is 7.27. The average Bonchev–Trinajstić information content (AvgIpc) is 3.25. The standard InChI is InChI=1S/C26H23IN2O5S/c1-2-24(18-11-13-21(27)14-12-18)35(33,34)29-22-6-4-3-5-20(22)15-23(29)25(30)28-16-17-7-9-19(10-8-17)26(31)32/h2-14,23-24H,1,15-16H2,(H,28,30)(H,31,32)/t23-,24?/m0/s1. The third-order valence-corrected chi connectivity index (χ3v) is 8.73. The van der Waals surface area contributed by atoms with Crippen molar-refractivity contribution in [2.45, 2.75) is 24.3 Å². The Balaban J connectivity index is 1.62. The van der Waals surface area contributed by atoms with Crippen molar-refractivity contribution in [2.75, 3.05) is 4.31 Å². The highest BCUT2D eigenvalue weighted by Crippen LogP contribution is 2.39. The quantitative estimate of drug-likeness (QED) is 0.296. The van der Waals surface area contributed by atoms with Crippen LogP contribution in [0.2, 0.25) is 0 Å². The molecule has 0 radical (unpaired) electrons. The van der Waals surface area contributed by atoms with E-state index in [4.69, 9.17) is 5.11 Å². The number of carbonyl (C=O) groups is 2. The van der Waals surface area contributed by atoms with Crippen molar-refractivity contribution in [1.29, 1.82) is 0 Å². The minimum atomic E-state index is -4.04.